The number of piperazine rings is 1. The molecule has 1 atom stereocenters. The molecule has 1 aromatic carbocycles. The lowest BCUT2D eigenvalue weighted by Gasteiger charge is -2.32. The van der Waals surface area contributed by atoms with Crippen LogP contribution in [0.1, 0.15) is 18.0 Å². The minimum absolute atomic E-state index is 0.0442. The molecule has 1 aromatic rings. The molecule has 1 saturated heterocycles. The fraction of sp³-hybridized carbons (Fsp3) is 0.429. The number of carboxylic acids is 1. The average Bonchev–Trinajstić information content (AvgIpc) is 2.38. The Hall–Kier alpha value is -1.92. The van der Waals surface area contributed by atoms with Gasteiger partial charge in [0, 0.05) is 24.8 Å². The molecule has 1 aliphatic rings. The predicted molar refractivity (Wildman–Crippen MR) is 75.5 cm³/mol. The molecule has 20 heavy (non-hydrogen) atoms. The minimum Gasteiger partial charge on any atom is -0.481 e. The molecule has 0 spiro atoms. The fourth-order valence-electron chi connectivity index (χ4n) is 2.29. The maximum Gasteiger partial charge on any atom is 0.305 e. The molecule has 3 N–H and O–H groups in total. The van der Waals surface area contributed by atoms with Gasteiger partial charge in [0.15, 0.2) is 0 Å². The van der Waals surface area contributed by atoms with Gasteiger partial charge in [0.05, 0.1) is 13.0 Å². The van der Waals surface area contributed by atoms with Gasteiger partial charge in [-0.05, 0) is 24.7 Å². The number of aliphatic carboxylic acids is 1. The highest BCUT2D eigenvalue weighted by Gasteiger charge is 2.23. The standard InChI is InChI=1S/C14H19N3O3/c1-16-5-6-17(13(18)9-16)11-4-2-3-10(7-11)12(15)8-14(19)20/h2-4,7,12H,5-6,8-9,15H2,1H3,(H,19,20). The van der Waals surface area contributed by atoms with Crippen LogP contribution in [0, 0.1) is 0 Å². The number of nitrogens with zero attached hydrogens (tertiary/aromatic N) is 2. The Labute approximate surface area is 117 Å². The van der Waals surface area contributed by atoms with Crippen molar-refractivity contribution in [3.8, 4) is 0 Å². The van der Waals surface area contributed by atoms with E-state index >= 15 is 0 Å². The van der Waals surface area contributed by atoms with Crippen LogP contribution in [0.2, 0.25) is 0 Å². The lowest BCUT2D eigenvalue weighted by atomic mass is 10.0. The Kier molecular flexibility index (Phi) is 4.36. The quantitative estimate of drug-likeness (QED) is 0.834. The Morgan fingerprint density at radius 2 is 2.20 bits per heavy atom. The van der Waals surface area contributed by atoms with E-state index in [1.54, 1.807) is 23.1 Å². The molecule has 6 heteroatoms. The number of carbonyl (C=O) groups is 2. The first kappa shape index (κ1) is 14.5. The van der Waals surface area contributed by atoms with Gasteiger partial charge in [-0.2, -0.15) is 0 Å². The van der Waals surface area contributed by atoms with Gasteiger partial charge < -0.3 is 15.7 Å². The van der Waals surface area contributed by atoms with Crippen LogP contribution in [-0.4, -0.2) is 48.6 Å². The highest BCUT2D eigenvalue weighted by Crippen LogP contribution is 2.22. The summed E-state index contributed by atoms with van der Waals surface area (Å²) in [5.74, 6) is -0.888. The van der Waals surface area contributed by atoms with E-state index in [0.717, 1.165) is 17.8 Å². The number of carboxylic acid groups (broad SMARTS) is 1. The zero-order valence-electron chi connectivity index (χ0n) is 11.5. The summed E-state index contributed by atoms with van der Waals surface area (Å²) in [7, 11) is 1.91. The van der Waals surface area contributed by atoms with Crippen LogP contribution in [0.5, 0.6) is 0 Å². The third-order valence-corrected chi connectivity index (χ3v) is 3.42. The number of benzene rings is 1. The van der Waals surface area contributed by atoms with E-state index in [4.69, 9.17) is 10.8 Å². The van der Waals surface area contributed by atoms with Crippen molar-refractivity contribution in [2.45, 2.75) is 12.5 Å². The van der Waals surface area contributed by atoms with E-state index < -0.39 is 12.0 Å². The van der Waals surface area contributed by atoms with Crippen molar-refractivity contribution in [1.82, 2.24) is 4.90 Å². The summed E-state index contributed by atoms with van der Waals surface area (Å²) in [6.45, 7) is 1.84. The number of likely N-dealkylation sites (N-methyl/N-ethyl adjacent to an activating group) is 1. The van der Waals surface area contributed by atoms with Gasteiger partial charge in [-0.3, -0.25) is 14.5 Å². The van der Waals surface area contributed by atoms with E-state index in [-0.39, 0.29) is 12.3 Å². The van der Waals surface area contributed by atoms with Gasteiger partial charge in [-0.25, -0.2) is 0 Å². The first-order valence-electron chi connectivity index (χ1n) is 6.53. The smallest absolute Gasteiger partial charge is 0.305 e. The van der Waals surface area contributed by atoms with Crippen LogP contribution in [0.25, 0.3) is 0 Å². The molecule has 108 valence electrons. The lowest BCUT2D eigenvalue weighted by molar-refractivity contribution is -0.137. The van der Waals surface area contributed by atoms with Crippen LogP contribution in [0.4, 0.5) is 5.69 Å². The Bertz CT molecular complexity index is 518. The van der Waals surface area contributed by atoms with E-state index in [1.807, 2.05) is 18.0 Å². The summed E-state index contributed by atoms with van der Waals surface area (Å²) in [6.07, 6.45) is -0.125. The Morgan fingerprint density at radius 3 is 2.85 bits per heavy atom. The Balaban J connectivity index is 2.17. The average molecular weight is 277 g/mol. The van der Waals surface area contributed by atoms with Crippen molar-refractivity contribution in [3.63, 3.8) is 0 Å². The molecule has 0 aliphatic carbocycles. The number of carbonyl (C=O) groups excluding carboxylic acids is 1. The van der Waals surface area contributed by atoms with Crippen LogP contribution in [0.15, 0.2) is 24.3 Å². The summed E-state index contributed by atoms with van der Waals surface area (Å²) in [5, 5.41) is 8.78. The molecule has 1 fully saturated rings. The molecule has 6 nitrogen and oxygen atoms in total. The fourth-order valence-corrected chi connectivity index (χ4v) is 2.29. The largest absolute Gasteiger partial charge is 0.481 e. The second-order valence-electron chi connectivity index (χ2n) is 5.08. The maximum absolute atomic E-state index is 12.0. The van der Waals surface area contributed by atoms with Crippen LogP contribution in [-0.2, 0) is 9.59 Å². The monoisotopic (exact) mass is 277 g/mol. The molecule has 2 rings (SSSR count). The highest BCUT2D eigenvalue weighted by molar-refractivity contribution is 5.95. The zero-order valence-corrected chi connectivity index (χ0v) is 11.5. The van der Waals surface area contributed by atoms with Crippen molar-refractivity contribution >= 4 is 17.6 Å². The SMILES string of the molecule is CN1CCN(c2cccc(C(N)CC(=O)O)c2)C(=O)C1. The van der Waals surface area contributed by atoms with Gasteiger partial charge in [-0.1, -0.05) is 12.1 Å². The number of rotatable bonds is 4. The summed E-state index contributed by atoms with van der Waals surface area (Å²) < 4.78 is 0. The molecule has 1 amide bonds. The van der Waals surface area contributed by atoms with Crippen molar-refractivity contribution in [2.24, 2.45) is 5.73 Å². The maximum atomic E-state index is 12.0. The molecule has 0 saturated carbocycles. The summed E-state index contributed by atoms with van der Waals surface area (Å²) in [6, 6.07) is 6.68. The molecular formula is C14H19N3O3. The first-order chi connectivity index (χ1) is 9.47. The second kappa shape index (κ2) is 6.02. The molecule has 0 radical (unpaired) electrons. The minimum atomic E-state index is -0.932. The van der Waals surface area contributed by atoms with E-state index in [9.17, 15) is 9.59 Å². The molecule has 1 unspecified atom stereocenters. The second-order valence-corrected chi connectivity index (χ2v) is 5.08. The van der Waals surface area contributed by atoms with Crippen LogP contribution in [0.3, 0.4) is 0 Å². The first-order valence-corrected chi connectivity index (χ1v) is 6.53. The summed E-state index contributed by atoms with van der Waals surface area (Å²) in [4.78, 5) is 26.4. The Morgan fingerprint density at radius 1 is 1.45 bits per heavy atom. The molecule has 0 bridgehead atoms. The van der Waals surface area contributed by atoms with Gasteiger partial charge in [0.25, 0.3) is 0 Å². The van der Waals surface area contributed by atoms with Gasteiger partial charge in [-0.15, -0.1) is 0 Å². The predicted octanol–water partition coefficient (Wildman–Crippen LogP) is 0.440. The van der Waals surface area contributed by atoms with Gasteiger partial charge >= 0.3 is 5.97 Å². The lowest BCUT2D eigenvalue weighted by Crippen LogP contribution is -2.48. The van der Waals surface area contributed by atoms with Crippen LogP contribution >= 0.6 is 0 Å². The summed E-state index contributed by atoms with van der Waals surface area (Å²) >= 11 is 0. The number of hydrogen-bond acceptors (Lipinski definition) is 4. The summed E-state index contributed by atoms with van der Waals surface area (Å²) in [5.41, 5.74) is 7.37. The number of anilines is 1. The molecule has 1 heterocycles. The van der Waals surface area contributed by atoms with E-state index in [1.165, 1.54) is 0 Å². The van der Waals surface area contributed by atoms with Crippen LogP contribution < -0.4 is 10.6 Å². The number of amides is 1. The zero-order chi connectivity index (χ0) is 14.7. The molecular weight excluding hydrogens is 258 g/mol. The van der Waals surface area contributed by atoms with Crippen molar-refractivity contribution < 1.29 is 14.7 Å². The number of nitrogens with two attached hydrogens (primary N) is 1. The van der Waals surface area contributed by atoms with E-state index in [2.05, 4.69) is 0 Å². The normalized spacial score (nSPS) is 18.1. The number of hydrogen-bond donors (Lipinski definition) is 2. The third kappa shape index (κ3) is 3.34. The third-order valence-electron chi connectivity index (χ3n) is 3.42. The topological polar surface area (TPSA) is 86.9 Å². The highest BCUT2D eigenvalue weighted by atomic mass is 16.4. The van der Waals surface area contributed by atoms with Crippen molar-refractivity contribution in [3.05, 3.63) is 29.8 Å². The molecule has 1 aliphatic heterocycles. The molecule has 0 aromatic heterocycles. The van der Waals surface area contributed by atoms with Gasteiger partial charge in [0.2, 0.25) is 5.91 Å². The van der Waals surface area contributed by atoms with E-state index in [0.29, 0.717) is 13.1 Å². The van der Waals surface area contributed by atoms with Gasteiger partial charge in [0.1, 0.15) is 0 Å². The van der Waals surface area contributed by atoms with Crippen molar-refractivity contribution in [1.29, 1.82) is 0 Å². The van der Waals surface area contributed by atoms with Crippen molar-refractivity contribution in [2.75, 3.05) is 31.6 Å².